The van der Waals surface area contributed by atoms with Gasteiger partial charge in [-0.15, -0.1) is 0 Å². The molecule has 0 rings (SSSR count). The molecule has 0 aliphatic carbocycles. The highest BCUT2D eigenvalue weighted by Crippen LogP contribution is 2.25. The van der Waals surface area contributed by atoms with Crippen molar-refractivity contribution in [1.82, 2.24) is 5.32 Å². The lowest BCUT2D eigenvalue weighted by Gasteiger charge is -2.35. The highest BCUT2D eigenvalue weighted by molar-refractivity contribution is 5.73. The average molecular weight is 318 g/mol. The van der Waals surface area contributed by atoms with E-state index in [1.165, 1.54) is 19.3 Å². The molecule has 1 unspecified atom stereocenters. The second-order valence-corrected chi connectivity index (χ2v) is 6.14. The molecule has 6 N–H and O–H groups in total. The fourth-order valence-corrected chi connectivity index (χ4v) is 2.46. The Morgan fingerprint density at radius 3 is 2.27 bits per heavy atom. The Labute approximate surface area is 134 Å². The second kappa shape index (κ2) is 12.8. The molecule has 0 bridgehead atoms. The molecule has 0 saturated carbocycles. The number of carbonyl (C=O) groups excluding carboxylic acids is 1. The number of rotatable bonds is 15. The van der Waals surface area contributed by atoms with Crippen LogP contribution in [0.4, 0.5) is 0 Å². The first-order valence-corrected chi connectivity index (χ1v) is 8.41. The van der Waals surface area contributed by atoms with Crippen LogP contribution in [0.15, 0.2) is 0 Å². The fourth-order valence-electron chi connectivity index (χ4n) is 2.46. The van der Waals surface area contributed by atoms with E-state index >= 15 is 0 Å². The molecule has 6 heteroatoms. The number of aliphatic hydroxyl groups is 3. The molecule has 0 aliphatic heterocycles. The molecule has 0 aliphatic rings. The van der Waals surface area contributed by atoms with Crippen LogP contribution in [0.1, 0.15) is 58.3 Å². The van der Waals surface area contributed by atoms with E-state index in [0.717, 1.165) is 19.3 Å². The molecular weight excluding hydrogens is 284 g/mol. The number of primary amides is 1. The van der Waals surface area contributed by atoms with Crippen LogP contribution in [0.25, 0.3) is 0 Å². The lowest BCUT2D eigenvalue weighted by molar-refractivity contribution is -0.118. The SMILES string of the molecule is CCCCCCCCC(O)C(CO)(CO)CNCCC(N)=O. The van der Waals surface area contributed by atoms with Gasteiger partial charge in [-0.3, -0.25) is 4.79 Å². The first kappa shape index (κ1) is 21.3. The summed E-state index contributed by atoms with van der Waals surface area (Å²) in [6.45, 7) is 2.20. The summed E-state index contributed by atoms with van der Waals surface area (Å²) in [6, 6.07) is 0. The molecule has 0 aromatic heterocycles. The first-order valence-electron chi connectivity index (χ1n) is 8.41. The van der Waals surface area contributed by atoms with Crippen molar-refractivity contribution in [3.8, 4) is 0 Å². The molecule has 132 valence electrons. The molecular formula is C16H34N2O4. The summed E-state index contributed by atoms with van der Waals surface area (Å²) in [6.07, 6.45) is 6.74. The molecule has 0 aromatic rings. The smallest absolute Gasteiger partial charge is 0.218 e. The van der Waals surface area contributed by atoms with E-state index in [1.54, 1.807) is 0 Å². The van der Waals surface area contributed by atoms with E-state index in [9.17, 15) is 20.1 Å². The molecule has 6 nitrogen and oxygen atoms in total. The topological polar surface area (TPSA) is 116 Å². The molecule has 0 heterocycles. The number of nitrogens with one attached hydrogen (secondary N) is 1. The highest BCUT2D eigenvalue weighted by Gasteiger charge is 2.36. The van der Waals surface area contributed by atoms with Crippen LogP contribution in [0.2, 0.25) is 0 Å². The summed E-state index contributed by atoms with van der Waals surface area (Å²) >= 11 is 0. The van der Waals surface area contributed by atoms with Crippen molar-refractivity contribution in [2.75, 3.05) is 26.3 Å². The Balaban J connectivity index is 4.12. The van der Waals surface area contributed by atoms with E-state index < -0.39 is 17.4 Å². The monoisotopic (exact) mass is 318 g/mol. The minimum absolute atomic E-state index is 0.195. The van der Waals surface area contributed by atoms with Crippen molar-refractivity contribution in [3.63, 3.8) is 0 Å². The maximum absolute atomic E-state index is 10.7. The third-order valence-corrected chi connectivity index (χ3v) is 4.19. The zero-order chi connectivity index (χ0) is 16.8. The number of carbonyl (C=O) groups is 1. The molecule has 0 radical (unpaired) electrons. The number of nitrogens with two attached hydrogens (primary N) is 1. The molecule has 1 atom stereocenters. The van der Waals surface area contributed by atoms with Crippen LogP contribution in [-0.2, 0) is 4.79 Å². The van der Waals surface area contributed by atoms with Gasteiger partial charge in [0.15, 0.2) is 0 Å². The van der Waals surface area contributed by atoms with Gasteiger partial charge in [-0.25, -0.2) is 0 Å². The van der Waals surface area contributed by atoms with E-state index in [4.69, 9.17) is 5.73 Å². The van der Waals surface area contributed by atoms with Gasteiger partial charge in [0.2, 0.25) is 5.91 Å². The predicted molar refractivity (Wildman–Crippen MR) is 87.3 cm³/mol. The van der Waals surface area contributed by atoms with Crippen LogP contribution in [0.5, 0.6) is 0 Å². The first-order chi connectivity index (χ1) is 10.5. The van der Waals surface area contributed by atoms with Crippen LogP contribution in [-0.4, -0.2) is 53.6 Å². The standard InChI is InChI=1S/C16H34N2O4/c1-2-3-4-5-6-7-8-14(21)16(12-19,13-20)11-18-10-9-15(17)22/h14,18-21H,2-13H2,1H3,(H2,17,22). The quantitative estimate of drug-likeness (QED) is 0.283. The minimum Gasteiger partial charge on any atom is -0.396 e. The summed E-state index contributed by atoms with van der Waals surface area (Å²) in [7, 11) is 0. The third kappa shape index (κ3) is 8.68. The molecule has 0 fully saturated rings. The summed E-state index contributed by atoms with van der Waals surface area (Å²) in [5.74, 6) is -0.404. The summed E-state index contributed by atoms with van der Waals surface area (Å²) in [5.41, 5.74) is 4.08. The maximum atomic E-state index is 10.7. The maximum Gasteiger partial charge on any atom is 0.218 e. The van der Waals surface area contributed by atoms with Crippen molar-refractivity contribution in [2.24, 2.45) is 11.1 Å². The zero-order valence-corrected chi connectivity index (χ0v) is 13.9. The lowest BCUT2D eigenvalue weighted by atomic mass is 9.81. The van der Waals surface area contributed by atoms with Gasteiger partial charge >= 0.3 is 0 Å². The molecule has 0 spiro atoms. The number of hydrogen-bond donors (Lipinski definition) is 5. The second-order valence-electron chi connectivity index (χ2n) is 6.14. The van der Waals surface area contributed by atoms with Crippen molar-refractivity contribution >= 4 is 5.91 Å². The van der Waals surface area contributed by atoms with Gasteiger partial charge < -0.3 is 26.4 Å². The zero-order valence-electron chi connectivity index (χ0n) is 13.9. The highest BCUT2D eigenvalue weighted by atomic mass is 16.3. The normalized spacial score (nSPS) is 13.3. The summed E-state index contributed by atoms with van der Waals surface area (Å²) < 4.78 is 0. The van der Waals surface area contributed by atoms with Crippen LogP contribution < -0.4 is 11.1 Å². The lowest BCUT2D eigenvalue weighted by Crippen LogP contribution is -2.49. The van der Waals surface area contributed by atoms with Crippen LogP contribution in [0, 0.1) is 5.41 Å². The Hall–Kier alpha value is -0.690. The number of amides is 1. The van der Waals surface area contributed by atoms with E-state index in [1.807, 2.05) is 0 Å². The fraction of sp³-hybridized carbons (Fsp3) is 0.938. The Morgan fingerprint density at radius 1 is 1.14 bits per heavy atom. The number of hydrogen-bond acceptors (Lipinski definition) is 5. The minimum atomic E-state index is -0.971. The predicted octanol–water partition coefficient (Wildman–Crippen LogP) is 0.534. The summed E-state index contributed by atoms with van der Waals surface area (Å²) in [5, 5.41) is 32.4. The number of aliphatic hydroxyl groups excluding tert-OH is 3. The third-order valence-electron chi connectivity index (χ3n) is 4.19. The largest absolute Gasteiger partial charge is 0.396 e. The van der Waals surface area contributed by atoms with Crippen molar-refractivity contribution in [3.05, 3.63) is 0 Å². The van der Waals surface area contributed by atoms with Crippen LogP contribution in [0.3, 0.4) is 0 Å². The van der Waals surface area contributed by atoms with Crippen molar-refractivity contribution < 1.29 is 20.1 Å². The Kier molecular flexibility index (Phi) is 12.4. The molecule has 1 amide bonds. The van der Waals surface area contributed by atoms with Crippen LogP contribution >= 0.6 is 0 Å². The molecule has 22 heavy (non-hydrogen) atoms. The van der Waals surface area contributed by atoms with E-state index in [2.05, 4.69) is 12.2 Å². The number of unbranched alkanes of at least 4 members (excludes halogenated alkanes) is 5. The van der Waals surface area contributed by atoms with Gasteiger partial charge in [-0.2, -0.15) is 0 Å². The van der Waals surface area contributed by atoms with Crippen molar-refractivity contribution in [1.29, 1.82) is 0 Å². The van der Waals surface area contributed by atoms with Gasteiger partial charge in [-0.1, -0.05) is 45.4 Å². The van der Waals surface area contributed by atoms with Gasteiger partial charge in [0.1, 0.15) is 0 Å². The van der Waals surface area contributed by atoms with Gasteiger partial charge in [-0.05, 0) is 6.42 Å². The Morgan fingerprint density at radius 2 is 1.73 bits per heavy atom. The molecule has 0 saturated heterocycles. The molecule has 0 aromatic carbocycles. The van der Waals surface area contributed by atoms with E-state index in [0.29, 0.717) is 13.0 Å². The van der Waals surface area contributed by atoms with Gasteiger partial charge in [0.25, 0.3) is 0 Å². The van der Waals surface area contributed by atoms with Gasteiger partial charge in [0.05, 0.1) is 24.7 Å². The van der Waals surface area contributed by atoms with Crippen molar-refractivity contribution in [2.45, 2.75) is 64.4 Å². The van der Waals surface area contributed by atoms with Gasteiger partial charge in [0, 0.05) is 19.5 Å². The average Bonchev–Trinajstić information content (AvgIpc) is 2.51. The summed E-state index contributed by atoms with van der Waals surface area (Å²) in [4.78, 5) is 10.7. The van der Waals surface area contributed by atoms with E-state index in [-0.39, 0.29) is 26.2 Å². The Bertz CT molecular complexity index is 283.